The van der Waals surface area contributed by atoms with Gasteiger partial charge in [-0.15, -0.1) is 5.92 Å². The Morgan fingerprint density at radius 1 is 0.731 bits per heavy atom. The maximum absolute atomic E-state index is 3.43. The van der Waals surface area contributed by atoms with E-state index in [1.54, 1.807) is 0 Å². The van der Waals surface area contributed by atoms with Crippen molar-refractivity contribution in [3.8, 4) is 11.8 Å². The summed E-state index contributed by atoms with van der Waals surface area (Å²) in [6.45, 7) is 5.77. The Labute approximate surface area is 157 Å². The number of aryl methyl sites for hydroxylation is 1. The van der Waals surface area contributed by atoms with Crippen LogP contribution in [0.15, 0.2) is 84.9 Å². The number of hydrogen-bond donors (Lipinski definition) is 0. The summed E-state index contributed by atoms with van der Waals surface area (Å²) in [6, 6.07) is 30.1. The van der Waals surface area contributed by atoms with Crippen molar-refractivity contribution in [1.29, 1.82) is 0 Å². The highest BCUT2D eigenvalue weighted by molar-refractivity contribution is 5.31. The molecule has 3 aromatic rings. The van der Waals surface area contributed by atoms with E-state index >= 15 is 0 Å². The molecule has 0 aliphatic heterocycles. The van der Waals surface area contributed by atoms with Crippen LogP contribution in [0, 0.1) is 18.8 Å². The predicted octanol–water partition coefficient (Wildman–Crippen LogP) is 5.76. The molecule has 0 saturated heterocycles. The van der Waals surface area contributed by atoms with E-state index in [1.165, 1.54) is 22.3 Å². The molecular formula is C25H25N. The summed E-state index contributed by atoms with van der Waals surface area (Å²) in [5.41, 5.74) is 5.13. The zero-order chi connectivity index (χ0) is 18.2. The van der Waals surface area contributed by atoms with Gasteiger partial charge in [-0.05, 0) is 30.5 Å². The summed E-state index contributed by atoms with van der Waals surface area (Å²) < 4.78 is 0. The van der Waals surface area contributed by atoms with Crippen LogP contribution in [0.5, 0.6) is 0 Å². The zero-order valence-electron chi connectivity index (χ0n) is 15.5. The minimum Gasteiger partial charge on any atom is -0.277 e. The van der Waals surface area contributed by atoms with E-state index in [4.69, 9.17) is 0 Å². The molecule has 1 heteroatoms. The maximum Gasteiger partial charge on any atom is 0.0976 e. The molecule has 0 fully saturated rings. The average molecular weight is 339 g/mol. The van der Waals surface area contributed by atoms with Gasteiger partial charge in [0.25, 0.3) is 0 Å². The van der Waals surface area contributed by atoms with E-state index in [-0.39, 0.29) is 6.04 Å². The van der Waals surface area contributed by atoms with Gasteiger partial charge in [0.15, 0.2) is 0 Å². The SMILES string of the molecule is CC#C[C@@H](c1ccc(C)cc1)N(Cc1ccccc1)Cc1ccccc1. The van der Waals surface area contributed by atoms with Crippen molar-refractivity contribution in [3.63, 3.8) is 0 Å². The van der Waals surface area contributed by atoms with Gasteiger partial charge in [-0.25, -0.2) is 0 Å². The van der Waals surface area contributed by atoms with Gasteiger partial charge in [-0.3, -0.25) is 4.90 Å². The molecule has 130 valence electrons. The first kappa shape index (κ1) is 18.0. The van der Waals surface area contributed by atoms with Gasteiger partial charge < -0.3 is 0 Å². The molecule has 0 N–H and O–H groups in total. The second-order valence-corrected chi connectivity index (χ2v) is 6.58. The molecule has 1 nitrogen and oxygen atoms in total. The van der Waals surface area contributed by atoms with E-state index in [9.17, 15) is 0 Å². The highest BCUT2D eigenvalue weighted by atomic mass is 15.1. The van der Waals surface area contributed by atoms with Crippen molar-refractivity contribution in [2.24, 2.45) is 0 Å². The fraction of sp³-hybridized carbons (Fsp3) is 0.200. The van der Waals surface area contributed by atoms with Crippen LogP contribution in [0.4, 0.5) is 0 Å². The summed E-state index contributed by atoms with van der Waals surface area (Å²) in [4.78, 5) is 2.45. The molecule has 0 aliphatic rings. The van der Waals surface area contributed by atoms with Crippen molar-refractivity contribution in [3.05, 3.63) is 107 Å². The third-order valence-electron chi connectivity index (χ3n) is 4.50. The standard InChI is InChI=1S/C25H25N/c1-3-10-25(24-17-15-21(2)16-18-24)26(19-22-11-6-4-7-12-22)20-23-13-8-5-9-14-23/h4-9,11-18,25H,19-20H2,1-2H3/t25-/m0/s1. The minimum atomic E-state index is 0.0704. The molecule has 0 amide bonds. The first-order chi connectivity index (χ1) is 12.8. The molecule has 3 rings (SSSR count). The molecule has 0 bridgehead atoms. The predicted molar refractivity (Wildman–Crippen MR) is 110 cm³/mol. The fourth-order valence-electron chi connectivity index (χ4n) is 3.15. The van der Waals surface area contributed by atoms with Gasteiger partial charge >= 0.3 is 0 Å². The Morgan fingerprint density at radius 2 is 1.23 bits per heavy atom. The Morgan fingerprint density at radius 3 is 1.69 bits per heavy atom. The van der Waals surface area contributed by atoms with Gasteiger partial charge in [0, 0.05) is 13.1 Å². The van der Waals surface area contributed by atoms with Crippen molar-refractivity contribution in [2.45, 2.75) is 33.0 Å². The normalized spacial score (nSPS) is 11.7. The lowest BCUT2D eigenvalue weighted by Crippen LogP contribution is -2.27. The molecule has 0 aromatic heterocycles. The van der Waals surface area contributed by atoms with Crippen LogP contribution in [0.3, 0.4) is 0 Å². The van der Waals surface area contributed by atoms with Gasteiger partial charge in [-0.2, -0.15) is 0 Å². The summed E-state index contributed by atoms with van der Waals surface area (Å²) in [5.74, 6) is 6.58. The van der Waals surface area contributed by atoms with Crippen LogP contribution in [0.2, 0.25) is 0 Å². The monoisotopic (exact) mass is 339 g/mol. The first-order valence-corrected chi connectivity index (χ1v) is 9.07. The fourth-order valence-corrected chi connectivity index (χ4v) is 3.15. The number of nitrogens with zero attached hydrogens (tertiary/aromatic N) is 1. The zero-order valence-corrected chi connectivity index (χ0v) is 15.5. The van der Waals surface area contributed by atoms with E-state index in [0.717, 1.165) is 13.1 Å². The van der Waals surface area contributed by atoms with Gasteiger partial charge in [0.05, 0.1) is 6.04 Å². The summed E-state index contributed by atoms with van der Waals surface area (Å²) >= 11 is 0. The van der Waals surface area contributed by atoms with Crippen LogP contribution >= 0.6 is 0 Å². The molecule has 0 heterocycles. The van der Waals surface area contributed by atoms with Crippen molar-refractivity contribution >= 4 is 0 Å². The topological polar surface area (TPSA) is 3.24 Å². The first-order valence-electron chi connectivity index (χ1n) is 9.07. The van der Waals surface area contributed by atoms with Crippen LogP contribution in [-0.2, 0) is 13.1 Å². The molecule has 0 unspecified atom stereocenters. The number of hydrogen-bond acceptors (Lipinski definition) is 1. The van der Waals surface area contributed by atoms with Crippen LogP contribution in [0.25, 0.3) is 0 Å². The molecule has 0 aliphatic carbocycles. The summed E-state index contributed by atoms with van der Waals surface area (Å²) in [7, 11) is 0. The Bertz CT molecular complexity index is 813. The van der Waals surface area contributed by atoms with Crippen molar-refractivity contribution in [2.75, 3.05) is 0 Å². The summed E-state index contributed by atoms with van der Waals surface area (Å²) in [5, 5.41) is 0. The smallest absolute Gasteiger partial charge is 0.0976 e. The van der Waals surface area contributed by atoms with E-state index in [0.29, 0.717) is 0 Å². The Balaban J connectivity index is 1.94. The Kier molecular flexibility index (Phi) is 6.25. The van der Waals surface area contributed by atoms with Crippen LogP contribution < -0.4 is 0 Å². The lowest BCUT2D eigenvalue weighted by molar-refractivity contribution is 0.219. The van der Waals surface area contributed by atoms with Crippen LogP contribution in [-0.4, -0.2) is 4.90 Å². The van der Waals surface area contributed by atoms with Crippen molar-refractivity contribution < 1.29 is 0 Å². The molecule has 0 saturated carbocycles. The van der Waals surface area contributed by atoms with Gasteiger partial charge in [0.1, 0.15) is 0 Å². The third kappa shape index (κ3) is 4.85. The minimum absolute atomic E-state index is 0.0704. The third-order valence-corrected chi connectivity index (χ3v) is 4.50. The number of rotatable bonds is 6. The molecule has 1 atom stereocenters. The highest BCUT2D eigenvalue weighted by Gasteiger charge is 2.19. The van der Waals surface area contributed by atoms with Crippen LogP contribution in [0.1, 0.15) is 35.2 Å². The van der Waals surface area contributed by atoms with Crippen molar-refractivity contribution in [1.82, 2.24) is 4.90 Å². The number of benzene rings is 3. The lowest BCUT2D eigenvalue weighted by atomic mass is 10.0. The largest absolute Gasteiger partial charge is 0.277 e. The van der Waals surface area contributed by atoms with E-state index in [1.807, 2.05) is 6.92 Å². The molecule has 26 heavy (non-hydrogen) atoms. The Hall–Kier alpha value is -2.82. The quantitative estimate of drug-likeness (QED) is 0.516. The van der Waals surface area contributed by atoms with E-state index < -0.39 is 0 Å². The second-order valence-electron chi connectivity index (χ2n) is 6.58. The molecule has 0 radical (unpaired) electrons. The van der Waals surface area contributed by atoms with Gasteiger partial charge in [0.2, 0.25) is 0 Å². The second kappa shape index (κ2) is 9.04. The highest BCUT2D eigenvalue weighted by Crippen LogP contribution is 2.25. The molecule has 0 spiro atoms. The van der Waals surface area contributed by atoms with Gasteiger partial charge in [-0.1, -0.05) is 96.4 Å². The maximum atomic E-state index is 3.43. The summed E-state index contributed by atoms with van der Waals surface area (Å²) in [6.07, 6.45) is 0. The van der Waals surface area contributed by atoms with E-state index in [2.05, 4.69) is 109 Å². The molecular weight excluding hydrogens is 314 g/mol. The lowest BCUT2D eigenvalue weighted by Gasteiger charge is -2.29. The molecule has 3 aromatic carbocycles. The average Bonchev–Trinajstić information content (AvgIpc) is 2.68.